The molecule has 34 heavy (non-hydrogen) atoms. The summed E-state index contributed by atoms with van der Waals surface area (Å²) in [6, 6.07) is 19.7. The van der Waals surface area contributed by atoms with Crippen LogP contribution in [0.25, 0.3) is 10.9 Å². The van der Waals surface area contributed by atoms with Gasteiger partial charge in [-0.2, -0.15) is 0 Å². The van der Waals surface area contributed by atoms with E-state index in [1.807, 2.05) is 61.2 Å². The van der Waals surface area contributed by atoms with Gasteiger partial charge in [-0.3, -0.25) is 4.79 Å². The van der Waals surface area contributed by atoms with Gasteiger partial charge in [-0.15, -0.1) is 0 Å². The van der Waals surface area contributed by atoms with Crippen molar-refractivity contribution in [1.29, 1.82) is 0 Å². The van der Waals surface area contributed by atoms with E-state index in [1.54, 1.807) is 19.2 Å². The van der Waals surface area contributed by atoms with Crippen LogP contribution in [0.2, 0.25) is 0 Å². The lowest BCUT2D eigenvalue weighted by atomic mass is 10.0. The second-order valence-corrected chi connectivity index (χ2v) is 8.60. The number of aromatic nitrogens is 1. The number of para-hydroxylation sites is 2. The van der Waals surface area contributed by atoms with E-state index < -0.39 is 0 Å². The Hall–Kier alpha value is -3.71. The van der Waals surface area contributed by atoms with E-state index in [2.05, 4.69) is 10.3 Å². The number of hydrogen-bond acceptors (Lipinski definition) is 3. The summed E-state index contributed by atoms with van der Waals surface area (Å²) in [5.74, 6) is 0.350. The molecule has 0 saturated carbocycles. The first-order valence-corrected chi connectivity index (χ1v) is 11.3. The van der Waals surface area contributed by atoms with E-state index in [9.17, 15) is 9.18 Å². The highest BCUT2D eigenvalue weighted by atomic mass is 32.1. The highest BCUT2D eigenvalue weighted by Gasteiger charge is 2.16. The van der Waals surface area contributed by atoms with Crippen LogP contribution in [0, 0.1) is 19.7 Å². The van der Waals surface area contributed by atoms with Gasteiger partial charge in [-0.1, -0.05) is 36.4 Å². The van der Waals surface area contributed by atoms with Crippen molar-refractivity contribution >= 4 is 33.9 Å². The van der Waals surface area contributed by atoms with Gasteiger partial charge in [0, 0.05) is 12.1 Å². The zero-order valence-corrected chi connectivity index (χ0v) is 20.1. The van der Waals surface area contributed by atoms with Gasteiger partial charge >= 0.3 is 0 Å². The Morgan fingerprint density at radius 3 is 2.53 bits per heavy atom. The lowest BCUT2D eigenvalue weighted by molar-refractivity contribution is 0.407. The molecule has 7 heteroatoms. The minimum atomic E-state index is -0.304. The van der Waals surface area contributed by atoms with Crippen molar-refractivity contribution < 1.29 is 9.13 Å². The largest absolute Gasteiger partial charge is 0.495 e. The Kier molecular flexibility index (Phi) is 6.93. The zero-order valence-electron chi connectivity index (χ0n) is 19.3. The summed E-state index contributed by atoms with van der Waals surface area (Å²) >= 11 is 5.74. The third kappa shape index (κ3) is 5.10. The number of anilines is 1. The molecule has 174 valence electrons. The number of benzene rings is 3. The number of halogens is 1. The number of thiocarbonyl (C=S) groups is 1. The van der Waals surface area contributed by atoms with Crippen molar-refractivity contribution in [3.05, 3.63) is 105 Å². The van der Waals surface area contributed by atoms with E-state index in [4.69, 9.17) is 17.0 Å². The monoisotopic (exact) mass is 475 g/mol. The molecule has 4 rings (SSSR count). The van der Waals surface area contributed by atoms with Crippen LogP contribution in [0.3, 0.4) is 0 Å². The van der Waals surface area contributed by atoms with Crippen molar-refractivity contribution in [3.63, 3.8) is 0 Å². The quantitative estimate of drug-likeness (QED) is 0.351. The van der Waals surface area contributed by atoms with Gasteiger partial charge in [-0.05, 0) is 78.5 Å². The SMILES string of the molecule is COc1ccccc1NC(=S)N(Cc1ccc(F)cc1)Cc1cc2ccc(C)c(C)c2[nH]c1=O. The molecular formula is C27H26FN3O2S. The Bertz CT molecular complexity index is 1400. The molecule has 0 spiro atoms. The normalized spacial score (nSPS) is 10.8. The number of H-pyrrole nitrogens is 1. The molecule has 0 amide bonds. The third-order valence-electron chi connectivity index (χ3n) is 5.91. The summed E-state index contributed by atoms with van der Waals surface area (Å²) in [7, 11) is 1.60. The summed E-state index contributed by atoms with van der Waals surface area (Å²) in [5.41, 5.74) is 5.03. The second-order valence-electron chi connectivity index (χ2n) is 8.21. The maximum absolute atomic E-state index is 13.5. The van der Waals surface area contributed by atoms with Crippen LogP contribution in [0.15, 0.2) is 71.5 Å². The lowest BCUT2D eigenvalue weighted by Gasteiger charge is -2.26. The van der Waals surface area contributed by atoms with Gasteiger partial charge in [0.25, 0.3) is 5.56 Å². The van der Waals surface area contributed by atoms with Crippen LogP contribution < -0.4 is 15.6 Å². The number of nitrogens with zero attached hydrogens (tertiary/aromatic N) is 1. The van der Waals surface area contributed by atoms with Crippen LogP contribution in [0.1, 0.15) is 22.3 Å². The molecule has 3 aromatic carbocycles. The van der Waals surface area contributed by atoms with Gasteiger partial charge in [0.15, 0.2) is 5.11 Å². The first-order valence-electron chi connectivity index (χ1n) is 10.9. The molecule has 0 unspecified atom stereocenters. The average molecular weight is 476 g/mol. The molecular weight excluding hydrogens is 449 g/mol. The van der Waals surface area contributed by atoms with Crippen molar-refractivity contribution in [2.45, 2.75) is 26.9 Å². The van der Waals surface area contributed by atoms with Gasteiger partial charge in [0.05, 0.1) is 24.9 Å². The summed E-state index contributed by atoms with van der Waals surface area (Å²) in [6.07, 6.45) is 0. The Labute approximate surface area is 203 Å². The van der Waals surface area contributed by atoms with Gasteiger partial charge in [-0.25, -0.2) is 4.39 Å². The van der Waals surface area contributed by atoms with Crippen LogP contribution in [0.4, 0.5) is 10.1 Å². The summed E-state index contributed by atoms with van der Waals surface area (Å²) in [4.78, 5) is 17.9. The van der Waals surface area contributed by atoms with Crippen LogP contribution >= 0.6 is 12.2 Å². The predicted molar refractivity (Wildman–Crippen MR) is 139 cm³/mol. The number of aryl methyl sites for hydroxylation is 2. The number of nitrogens with one attached hydrogen (secondary N) is 2. The number of hydrogen-bond donors (Lipinski definition) is 2. The molecule has 0 aliphatic rings. The molecule has 1 aromatic heterocycles. The number of aromatic amines is 1. The van der Waals surface area contributed by atoms with Gasteiger partial charge in [0.1, 0.15) is 11.6 Å². The standard InChI is InChI=1S/C27H26FN3O2S/c1-17-8-11-20-14-21(26(32)30-25(20)18(17)2)16-31(15-19-9-12-22(28)13-10-19)27(34)29-23-6-4-5-7-24(23)33-3/h4-14H,15-16H2,1-3H3,(H,29,34)(H,30,32). The summed E-state index contributed by atoms with van der Waals surface area (Å²) in [6.45, 7) is 4.69. The van der Waals surface area contributed by atoms with Crippen LogP contribution in [0.5, 0.6) is 5.75 Å². The number of pyridine rings is 1. The number of fused-ring (bicyclic) bond motifs is 1. The molecule has 0 atom stereocenters. The van der Waals surface area contributed by atoms with E-state index in [1.165, 1.54) is 12.1 Å². The third-order valence-corrected chi connectivity index (χ3v) is 6.27. The highest BCUT2D eigenvalue weighted by molar-refractivity contribution is 7.80. The van der Waals surface area contributed by atoms with E-state index in [0.29, 0.717) is 23.0 Å². The number of rotatable bonds is 6. The number of methoxy groups -OCH3 is 1. The Morgan fingerprint density at radius 2 is 1.79 bits per heavy atom. The van der Waals surface area contributed by atoms with Crippen molar-refractivity contribution in [2.24, 2.45) is 0 Å². The van der Waals surface area contributed by atoms with Gasteiger partial charge in [0.2, 0.25) is 0 Å². The predicted octanol–water partition coefficient (Wildman–Crippen LogP) is 5.69. The smallest absolute Gasteiger partial charge is 0.253 e. The van der Waals surface area contributed by atoms with E-state index in [0.717, 1.165) is 33.3 Å². The molecule has 0 radical (unpaired) electrons. The minimum Gasteiger partial charge on any atom is -0.495 e. The highest BCUT2D eigenvalue weighted by Crippen LogP contribution is 2.24. The first kappa shape index (κ1) is 23.4. The van der Waals surface area contributed by atoms with Gasteiger partial charge < -0.3 is 19.9 Å². The average Bonchev–Trinajstić information content (AvgIpc) is 2.83. The fourth-order valence-corrected chi connectivity index (χ4v) is 4.08. The van der Waals surface area contributed by atoms with Crippen LogP contribution in [-0.2, 0) is 13.1 Å². The zero-order chi connectivity index (χ0) is 24.2. The molecule has 0 aliphatic carbocycles. The molecule has 0 saturated heterocycles. The molecule has 0 fully saturated rings. The topological polar surface area (TPSA) is 57.4 Å². The fourth-order valence-electron chi connectivity index (χ4n) is 3.85. The fraction of sp³-hybridized carbons (Fsp3) is 0.185. The summed E-state index contributed by atoms with van der Waals surface area (Å²) in [5, 5.41) is 4.62. The Balaban J connectivity index is 1.68. The summed E-state index contributed by atoms with van der Waals surface area (Å²) < 4.78 is 18.9. The molecule has 5 nitrogen and oxygen atoms in total. The second kappa shape index (κ2) is 10.1. The molecule has 0 bridgehead atoms. The van der Waals surface area contributed by atoms with Crippen molar-refractivity contribution in [3.8, 4) is 5.75 Å². The lowest BCUT2D eigenvalue weighted by Crippen LogP contribution is -2.35. The van der Waals surface area contributed by atoms with E-state index >= 15 is 0 Å². The number of ether oxygens (including phenoxy) is 1. The molecule has 2 N–H and O–H groups in total. The molecule has 4 aromatic rings. The van der Waals surface area contributed by atoms with Crippen molar-refractivity contribution in [2.75, 3.05) is 12.4 Å². The maximum Gasteiger partial charge on any atom is 0.253 e. The van der Waals surface area contributed by atoms with E-state index in [-0.39, 0.29) is 17.9 Å². The molecule has 0 aliphatic heterocycles. The van der Waals surface area contributed by atoms with Crippen molar-refractivity contribution in [1.82, 2.24) is 9.88 Å². The Morgan fingerprint density at radius 1 is 1.06 bits per heavy atom. The minimum absolute atomic E-state index is 0.162. The molecule has 1 heterocycles. The van der Waals surface area contributed by atoms with Crippen LogP contribution in [-0.4, -0.2) is 22.1 Å². The first-order chi connectivity index (χ1) is 16.4. The maximum atomic E-state index is 13.5.